The number of hydrogen-bond acceptors (Lipinski definition) is 2. The Bertz CT molecular complexity index is 443. The molecule has 7 heteroatoms. The summed E-state index contributed by atoms with van der Waals surface area (Å²) in [6, 6.07) is 1.58. The van der Waals surface area contributed by atoms with Gasteiger partial charge in [0, 0.05) is 0 Å². The molecule has 94 valence electrons. The number of ether oxygens (including phenoxy) is 1. The Balaban J connectivity index is 3.22. The molecule has 0 N–H and O–H groups in total. The fraction of sp³-hybridized carbons (Fsp3) is 0.300. The number of rotatable bonds is 4. The summed E-state index contributed by atoms with van der Waals surface area (Å²) in [5.41, 5.74) is -1.12. The van der Waals surface area contributed by atoms with E-state index in [2.05, 4.69) is 11.6 Å². The Hall–Kier alpha value is -1.30. The first kappa shape index (κ1) is 13.8. The van der Waals surface area contributed by atoms with Crippen LogP contribution in [0, 0.1) is 11.6 Å². The Morgan fingerprint density at radius 3 is 2.41 bits per heavy atom. The first-order valence-electron chi connectivity index (χ1n) is 4.51. The molecule has 0 bridgehead atoms. The smallest absolute Gasteiger partial charge is 0.385 e. The minimum Gasteiger partial charge on any atom is -0.491 e. The minimum absolute atomic E-state index is 0.0648. The van der Waals surface area contributed by atoms with Crippen molar-refractivity contribution in [2.24, 2.45) is 0 Å². The normalized spacial score (nSPS) is 11.4. The van der Waals surface area contributed by atoms with E-state index in [1.807, 2.05) is 0 Å². The molecular weight excluding hydrogens is 264 g/mol. The first-order chi connectivity index (χ1) is 7.79. The van der Waals surface area contributed by atoms with Crippen LogP contribution >= 0.6 is 11.6 Å². The molecule has 17 heavy (non-hydrogen) atoms. The zero-order valence-electron chi connectivity index (χ0n) is 8.57. The molecule has 1 aromatic rings. The largest absolute Gasteiger partial charge is 0.491 e. The predicted octanol–water partition coefficient (Wildman–Crippen LogP) is 3.38. The van der Waals surface area contributed by atoms with Crippen molar-refractivity contribution in [2.75, 3.05) is 6.61 Å². The van der Waals surface area contributed by atoms with Crippen molar-refractivity contribution in [2.45, 2.75) is 12.3 Å². The molecule has 0 aliphatic heterocycles. The van der Waals surface area contributed by atoms with Gasteiger partial charge in [0.25, 0.3) is 5.78 Å². The molecule has 0 aliphatic carbocycles. The molecule has 0 aromatic heterocycles. The fourth-order valence-corrected chi connectivity index (χ4v) is 1.23. The van der Waals surface area contributed by atoms with Gasteiger partial charge in [-0.05, 0) is 30.7 Å². The van der Waals surface area contributed by atoms with E-state index in [1.54, 1.807) is 0 Å². The summed E-state index contributed by atoms with van der Waals surface area (Å²) >= 11 is 4.44. The number of carbonyl (C=O) groups excluding carboxylic acids is 1. The van der Waals surface area contributed by atoms with Gasteiger partial charge in [-0.1, -0.05) is 0 Å². The molecule has 0 fully saturated rings. The average Bonchev–Trinajstić information content (AvgIpc) is 2.23. The van der Waals surface area contributed by atoms with E-state index in [0.717, 1.165) is 6.07 Å². The van der Waals surface area contributed by atoms with E-state index in [9.17, 15) is 22.4 Å². The number of hydrogen-bond donors (Lipinski definition) is 0. The lowest BCUT2D eigenvalue weighted by Crippen LogP contribution is -2.23. The predicted molar refractivity (Wildman–Crippen MR) is 52.7 cm³/mol. The Labute approximate surface area is 99.1 Å². The van der Waals surface area contributed by atoms with Crippen LogP contribution in [0.3, 0.4) is 0 Å². The second kappa shape index (κ2) is 4.91. The summed E-state index contributed by atoms with van der Waals surface area (Å²) in [7, 11) is 0. The SMILES string of the molecule is CCOc1ccc(C(=O)C(F)(F)Cl)c(F)c1F. The van der Waals surface area contributed by atoms with Crippen LogP contribution in [-0.4, -0.2) is 17.8 Å². The van der Waals surface area contributed by atoms with E-state index < -0.39 is 34.1 Å². The van der Waals surface area contributed by atoms with Crippen molar-refractivity contribution < 1.29 is 27.1 Å². The second-order valence-corrected chi connectivity index (χ2v) is 3.47. The number of alkyl halides is 3. The van der Waals surface area contributed by atoms with Crippen molar-refractivity contribution in [3.05, 3.63) is 29.3 Å². The Kier molecular flexibility index (Phi) is 3.98. The van der Waals surface area contributed by atoms with Crippen LogP contribution in [-0.2, 0) is 0 Å². The minimum atomic E-state index is -4.28. The maximum absolute atomic E-state index is 13.3. The van der Waals surface area contributed by atoms with Crippen molar-refractivity contribution in [1.29, 1.82) is 0 Å². The van der Waals surface area contributed by atoms with Crippen LogP contribution in [0.15, 0.2) is 12.1 Å². The van der Waals surface area contributed by atoms with Gasteiger partial charge in [-0.25, -0.2) is 4.39 Å². The van der Waals surface area contributed by atoms with Crippen LogP contribution in [0.1, 0.15) is 17.3 Å². The molecule has 0 heterocycles. The molecule has 1 aromatic carbocycles. The molecule has 1 rings (SSSR count). The fourth-order valence-electron chi connectivity index (χ4n) is 1.13. The van der Waals surface area contributed by atoms with Gasteiger partial charge in [0.2, 0.25) is 5.82 Å². The highest BCUT2D eigenvalue weighted by atomic mass is 35.5. The topological polar surface area (TPSA) is 26.3 Å². The molecular formula is C10H7ClF4O2. The summed E-state index contributed by atoms with van der Waals surface area (Å²) in [6.45, 7) is 1.60. The molecule has 0 radical (unpaired) electrons. The lowest BCUT2D eigenvalue weighted by molar-refractivity contribution is 0.0530. The van der Waals surface area contributed by atoms with Gasteiger partial charge in [0.1, 0.15) is 0 Å². The van der Waals surface area contributed by atoms with E-state index >= 15 is 0 Å². The van der Waals surface area contributed by atoms with E-state index in [1.165, 1.54) is 6.92 Å². The van der Waals surface area contributed by atoms with E-state index in [-0.39, 0.29) is 6.61 Å². The number of benzene rings is 1. The number of carbonyl (C=O) groups is 1. The third-order valence-corrected chi connectivity index (χ3v) is 2.02. The quantitative estimate of drug-likeness (QED) is 0.476. The number of Topliss-reactive ketones (excluding diaryl/α,β-unsaturated/α-hetero) is 1. The van der Waals surface area contributed by atoms with E-state index in [0.29, 0.717) is 6.07 Å². The van der Waals surface area contributed by atoms with Crippen molar-refractivity contribution in [1.82, 2.24) is 0 Å². The Morgan fingerprint density at radius 1 is 1.35 bits per heavy atom. The second-order valence-electron chi connectivity index (χ2n) is 3.00. The molecule has 0 aliphatic rings. The summed E-state index contributed by atoms with van der Waals surface area (Å²) in [5, 5.41) is -4.28. The lowest BCUT2D eigenvalue weighted by Gasteiger charge is -2.10. The number of halogens is 5. The average molecular weight is 271 g/mol. The molecule has 0 saturated carbocycles. The summed E-state index contributed by atoms with van der Waals surface area (Å²) in [4.78, 5) is 11.0. The summed E-state index contributed by atoms with van der Waals surface area (Å²) in [6.07, 6.45) is 0. The van der Waals surface area contributed by atoms with Crippen molar-refractivity contribution >= 4 is 17.4 Å². The van der Waals surface area contributed by atoms with Gasteiger partial charge in [0.15, 0.2) is 11.6 Å². The van der Waals surface area contributed by atoms with Crippen LogP contribution in [0.2, 0.25) is 0 Å². The maximum atomic E-state index is 13.3. The highest BCUT2D eigenvalue weighted by molar-refractivity contribution is 6.35. The van der Waals surface area contributed by atoms with E-state index in [4.69, 9.17) is 4.74 Å². The standard InChI is InChI=1S/C10H7ClF4O2/c1-2-17-6-4-3-5(7(12)8(6)13)9(16)10(11,14)15/h3-4H,2H2,1H3. The molecule has 0 spiro atoms. The molecule has 0 unspecified atom stereocenters. The summed E-state index contributed by atoms with van der Waals surface area (Å²) in [5.74, 6) is -5.67. The van der Waals surface area contributed by atoms with Crippen LogP contribution in [0.4, 0.5) is 17.6 Å². The molecule has 0 saturated heterocycles. The zero-order valence-corrected chi connectivity index (χ0v) is 9.32. The molecule has 0 atom stereocenters. The van der Waals surface area contributed by atoms with Gasteiger partial charge < -0.3 is 4.74 Å². The lowest BCUT2D eigenvalue weighted by atomic mass is 10.1. The van der Waals surface area contributed by atoms with Gasteiger partial charge in [-0.2, -0.15) is 13.2 Å². The van der Waals surface area contributed by atoms with Crippen LogP contribution in [0.25, 0.3) is 0 Å². The number of ketones is 1. The first-order valence-corrected chi connectivity index (χ1v) is 4.89. The third kappa shape index (κ3) is 2.88. The maximum Gasteiger partial charge on any atom is 0.385 e. The van der Waals surface area contributed by atoms with Crippen LogP contribution < -0.4 is 4.74 Å². The molecule has 2 nitrogen and oxygen atoms in total. The highest BCUT2D eigenvalue weighted by Gasteiger charge is 2.39. The zero-order chi connectivity index (χ0) is 13.2. The van der Waals surface area contributed by atoms with Gasteiger partial charge in [-0.15, -0.1) is 0 Å². The van der Waals surface area contributed by atoms with Crippen molar-refractivity contribution in [3.8, 4) is 5.75 Å². The summed E-state index contributed by atoms with van der Waals surface area (Å²) < 4.78 is 56.2. The highest BCUT2D eigenvalue weighted by Crippen LogP contribution is 2.29. The van der Waals surface area contributed by atoms with Crippen LogP contribution in [0.5, 0.6) is 5.75 Å². The van der Waals surface area contributed by atoms with Gasteiger partial charge in [0.05, 0.1) is 12.2 Å². The molecule has 0 amide bonds. The monoisotopic (exact) mass is 270 g/mol. The van der Waals surface area contributed by atoms with Gasteiger partial charge in [-0.3, -0.25) is 4.79 Å². The Morgan fingerprint density at radius 2 is 1.94 bits per heavy atom. The third-order valence-electron chi connectivity index (χ3n) is 1.85. The van der Waals surface area contributed by atoms with Crippen molar-refractivity contribution in [3.63, 3.8) is 0 Å². The van der Waals surface area contributed by atoms with Gasteiger partial charge >= 0.3 is 5.38 Å².